The summed E-state index contributed by atoms with van der Waals surface area (Å²) in [6.07, 6.45) is 0. The van der Waals surface area contributed by atoms with Crippen LogP contribution < -0.4 is 4.90 Å². The van der Waals surface area contributed by atoms with Crippen molar-refractivity contribution in [3.8, 4) is 44.5 Å². The van der Waals surface area contributed by atoms with Gasteiger partial charge < -0.3 is 9.32 Å². The molecule has 0 N–H and O–H groups in total. The van der Waals surface area contributed by atoms with Crippen LogP contribution in [-0.4, -0.2) is 0 Å². The second-order valence-corrected chi connectivity index (χ2v) is 17.2. The molecule has 1 spiro atoms. The van der Waals surface area contributed by atoms with Gasteiger partial charge in [0.1, 0.15) is 11.2 Å². The summed E-state index contributed by atoms with van der Waals surface area (Å²) in [6, 6.07) is 74.3. The molecule has 60 heavy (non-hydrogen) atoms. The van der Waals surface area contributed by atoms with E-state index in [9.17, 15) is 0 Å². The summed E-state index contributed by atoms with van der Waals surface area (Å²) in [7, 11) is 0. The molecule has 9 aromatic carbocycles. The maximum atomic E-state index is 6.38. The van der Waals surface area contributed by atoms with Crippen molar-refractivity contribution in [2.45, 2.75) is 24.7 Å². The molecule has 2 heteroatoms. The molecule has 0 radical (unpaired) electrons. The Hall–Kier alpha value is -7.42. The van der Waals surface area contributed by atoms with E-state index in [1.165, 1.54) is 77.9 Å². The number of benzene rings is 9. The van der Waals surface area contributed by atoms with Crippen molar-refractivity contribution in [2.75, 3.05) is 4.90 Å². The highest BCUT2D eigenvalue weighted by Gasteiger charge is 2.51. The lowest BCUT2D eigenvalue weighted by Crippen LogP contribution is -2.26. The molecule has 3 aliphatic rings. The van der Waals surface area contributed by atoms with E-state index in [2.05, 4.69) is 213 Å². The van der Waals surface area contributed by atoms with Crippen LogP contribution in [0.5, 0.6) is 0 Å². The first-order chi connectivity index (χ1) is 29.5. The van der Waals surface area contributed by atoms with Gasteiger partial charge in [0.15, 0.2) is 0 Å². The van der Waals surface area contributed by atoms with E-state index in [-0.39, 0.29) is 5.41 Å². The molecule has 0 fully saturated rings. The van der Waals surface area contributed by atoms with Gasteiger partial charge in [0.2, 0.25) is 0 Å². The van der Waals surface area contributed by atoms with Crippen molar-refractivity contribution < 1.29 is 4.42 Å². The fourth-order valence-electron chi connectivity index (χ4n) is 11.3. The topological polar surface area (TPSA) is 16.4 Å². The SMILES string of the molecule is CC1(C)c2ccc(N(c3ccc4c(c3)C3(c5ccccc5-c5ccccc53)c3ccccc3-4)c3ccc4oc5ccccc5c4c3)cc2-c2c(-c3ccccc3)cccc21. The predicted molar refractivity (Wildman–Crippen MR) is 248 cm³/mol. The molecule has 0 bridgehead atoms. The number of hydrogen-bond acceptors (Lipinski definition) is 2. The second kappa shape index (κ2) is 12.1. The maximum absolute atomic E-state index is 6.38. The number of nitrogens with zero attached hydrogens (tertiary/aromatic N) is 1. The number of fused-ring (bicyclic) bond motifs is 16. The number of anilines is 3. The Morgan fingerprint density at radius 3 is 1.62 bits per heavy atom. The van der Waals surface area contributed by atoms with E-state index in [1.54, 1.807) is 0 Å². The van der Waals surface area contributed by atoms with Crippen LogP contribution in [0, 0.1) is 0 Å². The van der Waals surface area contributed by atoms with Crippen molar-refractivity contribution >= 4 is 39.0 Å². The first kappa shape index (κ1) is 33.5. The molecule has 0 atom stereocenters. The van der Waals surface area contributed by atoms with E-state index < -0.39 is 5.41 Å². The van der Waals surface area contributed by atoms with Crippen LogP contribution in [0.1, 0.15) is 47.2 Å². The lowest BCUT2D eigenvalue weighted by atomic mass is 9.70. The van der Waals surface area contributed by atoms with Crippen molar-refractivity contribution in [3.63, 3.8) is 0 Å². The van der Waals surface area contributed by atoms with E-state index in [0.29, 0.717) is 0 Å². The summed E-state index contributed by atoms with van der Waals surface area (Å²) < 4.78 is 6.38. The van der Waals surface area contributed by atoms with Crippen molar-refractivity contribution in [3.05, 3.63) is 234 Å². The van der Waals surface area contributed by atoms with Crippen LogP contribution in [0.2, 0.25) is 0 Å². The van der Waals surface area contributed by atoms with Crippen LogP contribution in [0.4, 0.5) is 17.1 Å². The van der Waals surface area contributed by atoms with Gasteiger partial charge >= 0.3 is 0 Å². The van der Waals surface area contributed by atoms with E-state index in [1.807, 2.05) is 6.07 Å². The van der Waals surface area contributed by atoms with Crippen LogP contribution in [0.3, 0.4) is 0 Å². The zero-order valence-corrected chi connectivity index (χ0v) is 33.4. The minimum absolute atomic E-state index is 0.150. The monoisotopic (exact) mass is 765 g/mol. The van der Waals surface area contributed by atoms with Gasteiger partial charge in [-0.3, -0.25) is 0 Å². The smallest absolute Gasteiger partial charge is 0.135 e. The average molecular weight is 766 g/mol. The normalized spacial score (nSPS) is 14.4. The summed E-state index contributed by atoms with van der Waals surface area (Å²) in [5.74, 6) is 0. The molecule has 0 unspecified atom stereocenters. The van der Waals surface area contributed by atoms with Gasteiger partial charge in [0.25, 0.3) is 0 Å². The quantitative estimate of drug-likeness (QED) is 0.177. The Labute approximate surface area is 349 Å². The minimum atomic E-state index is -0.447. The van der Waals surface area contributed by atoms with E-state index >= 15 is 0 Å². The molecule has 10 aromatic rings. The number of rotatable bonds is 4. The Bertz CT molecular complexity index is 3360. The van der Waals surface area contributed by atoms with Gasteiger partial charge in [-0.15, -0.1) is 0 Å². The second-order valence-electron chi connectivity index (χ2n) is 17.2. The fraction of sp³-hybridized carbons (Fsp3) is 0.0690. The summed E-state index contributed by atoms with van der Waals surface area (Å²) in [6.45, 7) is 4.74. The lowest BCUT2D eigenvalue weighted by molar-refractivity contribution is 0.660. The Morgan fingerprint density at radius 1 is 0.350 bits per heavy atom. The Kier molecular flexibility index (Phi) is 6.74. The van der Waals surface area contributed by atoms with Gasteiger partial charge in [-0.2, -0.15) is 0 Å². The van der Waals surface area contributed by atoms with Crippen molar-refractivity contribution in [2.24, 2.45) is 0 Å². The van der Waals surface area contributed by atoms with Gasteiger partial charge in [0, 0.05) is 33.2 Å². The highest BCUT2D eigenvalue weighted by molar-refractivity contribution is 6.07. The molecule has 0 saturated carbocycles. The van der Waals surface area contributed by atoms with Crippen molar-refractivity contribution in [1.82, 2.24) is 0 Å². The van der Waals surface area contributed by atoms with Crippen LogP contribution in [0.25, 0.3) is 66.4 Å². The molecule has 2 nitrogen and oxygen atoms in total. The molecule has 1 heterocycles. The molecular formula is C58H39NO. The zero-order chi connectivity index (χ0) is 39.7. The summed E-state index contributed by atoms with van der Waals surface area (Å²) in [5, 5.41) is 2.23. The molecule has 3 aliphatic carbocycles. The summed E-state index contributed by atoms with van der Waals surface area (Å²) in [5.41, 5.74) is 22.9. The highest BCUT2D eigenvalue weighted by atomic mass is 16.3. The van der Waals surface area contributed by atoms with Gasteiger partial charge in [-0.1, -0.05) is 166 Å². The van der Waals surface area contributed by atoms with Gasteiger partial charge in [-0.25, -0.2) is 0 Å². The third-order valence-electron chi connectivity index (χ3n) is 13.9. The number of furan rings is 1. The minimum Gasteiger partial charge on any atom is -0.456 e. The predicted octanol–water partition coefficient (Wildman–Crippen LogP) is 15.4. The molecule has 0 aliphatic heterocycles. The van der Waals surface area contributed by atoms with Crippen molar-refractivity contribution in [1.29, 1.82) is 0 Å². The summed E-state index contributed by atoms with van der Waals surface area (Å²) in [4.78, 5) is 2.47. The van der Waals surface area contributed by atoms with Crippen LogP contribution in [-0.2, 0) is 10.8 Å². The summed E-state index contributed by atoms with van der Waals surface area (Å²) >= 11 is 0. The number of para-hydroxylation sites is 1. The molecule has 13 rings (SSSR count). The standard InChI is InChI=1S/C58H39NO/c1-57(2)48-31-28-37(34-47(48)56-40(21-14-25-52(56)57)36-15-4-3-5-16-36)59(38-29-32-55-46(33-38)45-20-9-13-26-54(45)60-55)39-27-30-44-43-19-8-12-24-51(43)58(53(44)35-39)49-22-10-6-17-41(49)42-18-7-11-23-50(42)58/h3-35H,1-2H3. The van der Waals surface area contributed by atoms with E-state index in [4.69, 9.17) is 4.42 Å². The van der Waals surface area contributed by atoms with Gasteiger partial charge in [-0.05, 0) is 126 Å². The number of hydrogen-bond donors (Lipinski definition) is 0. The Balaban J connectivity index is 1.09. The first-order valence-electron chi connectivity index (χ1n) is 21.0. The van der Waals surface area contributed by atoms with Crippen LogP contribution in [0.15, 0.2) is 205 Å². The molecule has 1 aromatic heterocycles. The Morgan fingerprint density at radius 2 is 0.883 bits per heavy atom. The largest absolute Gasteiger partial charge is 0.456 e. The molecular weight excluding hydrogens is 727 g/mol. The highest BCUT2D eigenvalue weighted by Crippen LogP contribution is 2.63. The first-order valence-corrected chi connectivity index (χ1v) is 21.0. The fourth-order valence-corrected chi connectivity index (χ4v) is 11.3. The average Bonchev–Trinajstić information content (AvgIpc) is 3.99. The lowest BCUT2D eigenvalue weighted by Gasteiger charge is -2.32. The van der Waals surface area contributed by atoms with E-state index in [0.717, 1.165) is 39.0 Å². The zero-order valence-electron chi connectivity index (χ0n) is 33.4. The molecule has 282 valence electrons. The third kappa shape index (κ3) is 4.32. The van der Waals surface area contributed by atoms with Gasteiger partial charge in [0.05, 0.1) is 5.41 Å². The molecule has 0 saturated heterocycles. The maximum Gasteiger partial charge on any atom is 0.135 e. The molecule has 0 amide bonds. The third-order valence-corrected chi connectivity index (χ3v) is 13.9. The van der Waals surface area contributed by atoms with Crippen LogP contribution >= 0.6 is 0 Å².